The molecule has 0 N–H and O–H groups in total. The first-order valence-corrected chi connectivity index (χ1v) is 8.47. The number of aromatic nitrogens is 2. The van der Waals surface area contributed by atoms with Crippen LogP contribution in [0.15, 0.2) is 23.0 Å². The second-order valence-electron chi connectivity index (χ2n) is 4.61. The van der Waals surface area contributed by atoms with Crippen molar-refractivity contribution < 1.29 is 0 Å². The highest BCUT2D eigenvalue weighted by atomic mass is 35.5. The minimum Gasteiger partial charge on any atom is -0.350 e. The van der Waals surface area contributed by atoms with Gasteiger partial charge in [0.05, 0.1) is 11.6 Å². The number of thiazole rings is 1. The van der Waals surface area contributed by atoms with Gasteiger partial charge in [0.1, 0.15) is 0 Å². The molecule has 98 valence electrons. The Labute approximate surface area is 124 Å². The van der Waals surface area contributed by atoms with Gasteiger partial charge < -0.3 is 4.90 Å². The SMILES string of the molecule is ClCc1c(N2CCc3sccc3C2)nc2sccn12. The van der Waals surface area contributed by atoms with Gasteiger partial charge in [0.25, 0.3) is 0 Å². The van der Waals surface area contributed by atoms with Gasteiger partial charge in [-0.15, -0.1) is 34.3 Å². The number of thiophene rings is 1. The number of hydrogen-bond acceptors (Lipinski definition) is 4. The van der Waals surface area contributed by atoms with Crippen LogP contribution in [0.25, 0.3) is 4.96 Å². The molecule has 0 aliphatic carbocycles. The Morgan fingerprint density at radius 2 is 2.26 bits per heavy atom. The van der Waals surface area contributed by atoms with E-state index in [9.17, 15) is 0 Å². The predicted molar refractivity (Wildman–Crippen MR) is 81.7 cm³/mol. The number of imidazole rings is 1. The van der Waals surface area contributed by atoms with E-state index in [0.29, 0.717) is 5.88 Å². The summed E-state index contributed by atoms with van der Waals surface area (Å²) in [6.45, 7) is 1.98. The zero-order valence-electron chi connectivity index (χ0n) is 10.2. The molecule has 0 saturated heterocycles. The third-order valence-electron chi connectivity index (χ3n) is 3.57. The quantitative estimate of drug-likeness (QED) is 0.672. The fraction of sp³-hybridized carbons (Fsp3) is 0.308. The average Bonchev–Trinajstić information content (AvgIpc) is 3.12. The molecular formula is C13H12ClN3S2. The van der Waals surface area contributed by atoms with Crippen LogP contribution >= 0.6 is 34.3 Å². The zero-order valence-corrected chi connectivity index (χ0v) is 12.6. The topological polar surface area (TPSA) is 20.5 Å². The van der Waals surface area contributed by atoms with Gasteiger partial charge in [-0.2, -0.15) is 0 Å². The molecule has 3 nitrogen and oxygen atoms in total. The van der Waals surface area contributed by atoms with Crippen LogP contribution in [0.3, 0.4) is 0 Å². The van der Waals surface area contributed by atoms with Crippen LogP contribution in [0.5, 0.6) is 0 Å². The van der Waals surface area contributed by atoms with E-state index in [0.717, 1.165) is 36.0 Å². The minimum absolute atomic E-state index is 0.500. The van der Waals surface area contributed by atoms with Gasteiger partial charge in [-0.25, -0.2) is 4.98 Å². The van der Waals surface area contributed by atoms with E-state index in [1.807, 2.05) is 17.5 Å². The van der Waals surface area contributed by atoms with Crippen LogP contribution in [0, 0.1) is 0 Å². The Kier molecular flexibility index (Phi) is 2.79. The Balaban J connectivity index is 1.77. The average molecular weight is 310 g/mol. The van der Waals surface area contributed by atoms with Gasteiger partial charge in [0.2, 0.25) is 0 Å². The molecule has 19 heavy (non-hydrogen) atoms. The first kappa shape index (κ1) is 11.8. The van der Waals surface area contributed by atoms with Crippen LogP contribution in [-0.2, 0) is 18.8 Å². The summed E-state index contributed by atoms with van der Waals surface area (Å²) in [5.41, 5.74) is 2.55. The number of alkyl halides is 1. The van der Waals surface area contributed by atoms with Crippen LogP contribution in [-0.4, -0.2) is 15.9 Å². The molecule has 0 atom stereocenters. The number of fused-ring (bicyclic) bond motifs is 2. The first-order chi connectivity index (χ1) is 9.36. The molecule has 0 amide bonds. The molecule has 3 aromatic heterocycles. The summed E-state index contributed by atoms with van der Waals surface area (Å²) < 4.78 is 2.11. The van der Waals surface area contributed by atoms with Gasteiger partial charge in [-0.3, -0.25) is 4.40 Å². The lowest BCUT2D eigenvalue weighted by Gasteiger charge is -2.27. The standard InChI is InChI=1S/C13H12ClN3S2/c14-7-10-12(15-13-17(10)4-6-19-13)16-3-1-11-9(8-16)2-5-18-11/h2,4-6H,1,3,7-8H2. The lowest BCUT2D eigenvalue weighted by molar-refractivity contribution is 0.731. The maximum Gasteiger partial charge on any atom is 0.195 e. The molecule has 1 aliphatic heterocycles. The minimum atomic E-state index is 0.500. The number of halogens is 1. The summed E-state index contributed by atoms with van der Waals surface area (Å²) in [6.07, 6.45) is 3.16. The molecule has 0 saturated carbocycles. The third-order valence-corrected chi connectivity index (χ3v) is 5.61. The molecule has 0 radical (unpaired) electrons. The third kappa shape index (κ3) is 1.80. The molecule has 6 heteroatoms. The fourth-order valence-corrected chi connectivity index (χ4v) is 4.49. The van der Waals surface area contributed by atoms with Gasteiger partial charge in [-0.1, -0.05) is 0 Å². The maximum atomic E-state index is 6.13. The summed E-state index contributed by atoms with van der Waals surface area (Å²) in [5.74, 6) is 1.55. The van der Waals surface area contributed by atoms with Gasteiger partial charge in [-0.05, 0) is 23.4 Å². The second kappa shape index (κ2) is 4.51. The highest BCUT2D eigenvalue weighted by molar-refractivity contribution is 7.15. The number of nitrogens with zero attached hydrogens (tertiary/aromatic N) is 3. The Bertz CT molecular complexity index is 727. The molecule has 1 aliphatic rings. The largest absolute Gasteiger partial charge is 0.350 e. The van der Waals surface area contributed by atoms with Crippen LogP contribution < -0.4 is 4.90 Å². The van der Waals surface area contributed by atoms with Crippen molar-refractivity contribution in [3.8, 4) is 0 Å². The van der Waals surface area contributed by atoms with E-state index in [-0.39, 0.29) is 0 Å². The predicted octanol–water partition coefficient (Wildman–Crippen LogP) is 3.76. The fourth-order valence-electron chi connectivity index (χ4n) is 2.63. The van der Waals surface area contributed by atoms with Gasteiger partial charge in [0.15, 0.2) is 10.8 Å². The monoisotopic (exact) mass is 309 g/mol. The molecule has 0 aromatic carbocycles. The van der Waals surface area contributed by atoms with Crippen molar-refractivity contribution in [3.63, 3.8) is 0 Å². The molecule has 3 aromatic rings. The highest BCUT2D eigenvalue weighted by Gasteiger charge is 2.23. The summed E-state index contributed by atoms with van der Waals surface area (Å²) >= 11 is 9.65. The van der Waals surface area contributed by atoms with E-state index < -0.39 is 0 Å². The van der Waals surface area contributed by atoms with Crippen molar-refractivity contribution in [3.05, 3.63) is 39.2 Å². The highest BCUT2D eigenvalue weighted by Crippen LogP contribution is 2.31. The Hall–Kier alpha value is -1.04. The van der Waals surface area contributed by atoms with Crippen molar-refractivity contribution in [1.82, 2.24) is 9.38 Å². The van der Waals surface area contributed by atoms with E-state index >= 15 is 0 Å². The van der Waals surface area contributed by atoms with Crippen LogP contribution in [0.1, 0.15) is 16.1 Å². The van der Waals surface area contributed by atoms with E-state index in [1.54, 1.807) is 11.3 Å². The number of anilines is 1. The molecular weight excluding hydrogens is 298 g/mol. The first-order valence-electron chi connectivity index (χ1n) is 6.17. The zero-order chi connectivity index (χ0) is 12.8. The summed E-state index contributed by atoms with van der Waals surface area (Å²) in [7, 11) is 0. The molecule has 0 bridgehead atoms. The number of rotatable bonds is 2. The Morgan fingerprint density at radius 3 is 3.16 bits per heavy atom. The van der Waals surface area contributed by atoms with Crippen molar-refractivity contribution in [2.24, 2.45) is 0 Å². The van der Waals surface area contributed by atoms with Gasteiger partial charge >= 0.3 is 0 Å². The molecule has 4 heterocycles. The second-order valence-corrected chi connectivity index (χ2v) is 6.75. The van der Waals surface area contributed by atoms with Crippen molar-refractivity contribution >= 4 is 45.1 Å². The van der Waals surface area contributed by atoms with Crippen molar-refractivity contribution in [2.45, 2.75) is 18.8 Å². The molecule has 4 rings (SSSR count). The Morgan fingerprint density at radius 1 is 1.32 bits per heavy atom. The van der Waals surface area contributed by atoms with E-state index in [1.165, 1.54) is 10.4 Å². The normalized spacial score (nSPS) is 15.1. The van der Waals surface area contributed by atoms with Crippen molar-refractivity contribution in [1.29, 1.82) is 0 Å². The lowest BCUT2D eigenvalue weighted by Crippen LogP contribution is -2.30. The van der Waals surface area contributed by atoms with E-state index in [4.69, 9.17) is 16.6 Å². The molecule has 0 unspecified atom stereocenters. The van der Waals surface area contributed by atoms with E-state index in [2.05, 4.69) is 26.1 Å². The van der Waals surface area contributed by atoms with Crippen LogP contribution in [0.4, 0.5) is 5.82 Å². The number of hydrogen-bond donors (Lipinski definition) is 0. The van der Waals surface area contributed by atoms with Crippen LogP contribution in [0.2, 0.25) is 0 Å². The summed E-state index contributed by atoms with van der Waals surface area (Å²) in [6, 6.07) is 2.23. The summed E-state index contributed by atoms with van der Waals surface area (Å²) in [4.78, 5) is 9.65. The van der Waals surface area contributed by atoms with Gasteiger partial charge in [0, 0.05) is 29.5 Å². The van der Waals surface area contributed by atoms with Crippen molar-refractivity contribution in [2.75, 3.05) is 11.4 Å². The molecule has 0 spiro atoms. The lowest BCUT2D eigenvalue weighted by atomic mass is 10.1. The molecule has 0 fully saturated rings. The maximum absolute atomic E-state index is 6.13. The summed E-state index contributed by atoms with van der Waals surface area (Å²) in [5, 5.41) is 4.23. The smallest absolute Gasteiger partial charge is 0.195 e.